The summed E-state index contributed by atoms with van der Waals surface area (Å²) in [5.41, 5.74) is 1.15. The number of nitrogens with two attached hydrogens (primary N) is 1. The lowest BCUT2D eigenvalue weighted by Gasteiger charge is -2.22. The molecule has 1 heterocycles. The third kappa shape index (κ3) is 5.41. The Bertz CT molecular complexity index is 697. The average molecular weight is 373 g/mol. The molecule has 3 amide bonds. The number of imide groups is 1. The third-order valence-electron chi connectivity index (χ3n) is 4.74. The Kier molecular flexibility index (Phi) is 6.80. The number of urea groups is 1. The predicted molar refractivity (Wildman–Crippen MR) is 103 cm³/mol. The van der Waals surface area contributed by atoms with Crippen molar-refractivity contribution in [2.45, 2.75) is 44.2 Å². The fourth-order valence-electron chi connectivity index (χ4n) is 3.42. The quantitative estimate of drug-likeness (QED) is 0.729. The SMILES string of the molecule is O=C(C[NH2+][C@@H](c1ccccc1)c1cccs1)NC(=O)NC1CCCCC1. The lowest BCUT2D eigenvalue weighted by Crippen LogP contribution is -2.87. The second-order valence-corrected chi connectivity index (χ2v) is 7.68. The Morgan fingerprint density at radius 1 is 1.08 bits per heavy atom. The summed E-state index contributed by atoms with van der Waals surface area (Å²) < 4.78 is 0. The van der Waals surface area contributed by atoms with Crippen molar-refractivity contribution in [2.24, 2.45) is 0 Å². The van der Waals surface area contributed by atoms with Crippen LogP contribution in [-0.2, 0) is 4.79 Å². The van der Waals surface area contributed by atoms with E-state index in [0.717, 1.165) is 31.2 Å². The zero-order valence-electron chi connectivity index (χ0n) is 14.8. The molecule has 6 heteroatoms. The number of nitrogens with one attached hydrogen (secondary N) is 2. The van der Waals surface area contributed by atoms with Gasteiger partial charge in [-0.1, -0.05) is 55.7 Å². The fourth-order valence-corrected chi connectivity index (χ4v) is 4.27. The first-order chi connectivity index (χ1) is 12.7. The number of thiophene rings is 1. The van der Waals surface area contributed by atoms with Gasteiger partial charge in [0.1, 0.15) is 6.04 Å². The maximum Gasteiger partial charge on any atom is 0.321 e. The van der Waals surface area contributed by atoms with E-state index in [1.54, 1.807) is 11.3 Å². The highest BCUT2D eigenvalue weighted by molar-refractivity contribution is 7.10. The average Bonchev–Trinajstić information content (AvgIpc) is 3.18. The molecule has 2 aromatic rings. The number of hydrogen-bond donors (Lipinski definition) is 3. The predicted octanol–water partition coefficient (Wildman–Crippen LogP) is 2.56. The van der Waals surface area contributed by atoms with Gasteiger partial charge in [0, 0.05) is 11.6 Å². The molecule has 3 rings (SSSR count). The summed E-state index contributed by atoms with van der Waals surface area (Å²) >= 11 is 1.67. The highest BCUT2D eigenvalue weighted by atomic mass is 32.1. The minimum atomic E-state index is -0.373. The van der Waals surface area contributed by atoms with Gasteiger partial charge in [-0.2, -0.15) is 0 Å². The van der Waals surface area contributed by atoms with Crippen LogP contribution in [0.4, 0.5) is 4.79 Å². The van der Waals surface area contributed by atoms with Crippen LogP contribution in [0.1, 0.15) is 48.6 Å². The largest absolute Gasteiger partial charge is 0.335 e. The lowest BCUT2D eigenvalue weighted by molar-refractivity contribution is -0.676. The standard InChI is InChI=1S/C20H25N3O2S/c24-18(23-20(25)22-16-10-5-2-6-11-16)14-21-19(17-12-7-13-26-17)15-8-3-1-4-9-15/h1,3-4,7-9,12-13,16,19,21H,2,5-6,10-11,14H2,(H2,22,23,24,25)/p+1/t19-/m0/s1. The van der Waals surface area contributed by atoms with E-state index < -0.39 is 0 Å². The molecule has 4 N–H and O–H groups in total. The van der Waals surface area contributed by atoms with Gasteiger partial charge >= 0.3 is 6.03 Å². The molecule has 5 nitrogen and oxygen atoms in total. The Hall–Kier alpha value is -2.18. The van der Waals surface area contributed by atoms with Crippen LogP contribution in [0.2, 0.25) is 0 Å². The minimum Gasteiger partial charge on any atom is -0.335 e. The maximum atomic E-state index is 12.2. The second-order valence-electron chi connectivity index (χ2n) is 6.70. The number of amides is 3. The Morgan fingerprint density at radius 2 is 1.85 bits per heavy atom. The molecule has 26 heavy (non-hydrogen) atoms. The molecule has 0 radical (unpaired) electrons. The zero-order valence-corrected chi connectivity index (χ0v) is 15.6. The van der Waals surface area contributed by atoms with Crippen LogP contribution < -0.4 is 16.0 Å². The summed E-state index contributed by atoms with van der Waals surface area (Å²) in [5.74, 6) is -0.268. The van der Waals surface area contributed by atoms with Crippen molar-refractivity contribution in [1.29, 1.82) is 0 Å². The van der Waals surface area contributed by atoms with E-state index in [-0.39, 0.29) is 30.6 Å². The molecule has 1 aliphatic rings. The fraction of sp³-hybridized carbons (Fsp3) is 0.400. The summed E-state index contributed by atoms with van der Waals surface area (Å²) in [6.07, 6.45) is 5.53. The first kappa shape index (κ1) is 18.6. The molecule has 0 bridgehead atoms. The first-order valence-electron chi connectivity index (χ1n) is 9.24. The van der Waals surface area contributed by atoms with Gasteiger partial charge in [-0.05, 0) is 24.3 Å². The highest BCUT2D eigenvalue weighted by Gasteiger charge is 2.21. The summed E-state index contributed by atoms with van der Waals surface area (Å²) in [5, 5.41) is 9.39. The second kappa shape index (κ2) is 9.50. The molecule has 1 saturated carbocycles. The number of benzene rings is 1. The van der Waals surface area contributed by atoms with E-state index in [1.165, 1.54) is 11.3 Å². The Balaban J connectivity index is 1.52. The van der Waals surface area contributed by atoms with Crippen molar-refractivity contribution in [1.82, 2.24) is 10.6 Å². The number of rotatable bonds is 6. The number of carbonyl (C=O) groups is 2. The van der Waals surface area contributed by atoms with Crippen molar-refractivity contribution < 1.29 is 14.9 Å². The van der Waals surface area contributed by atoms with E-state index in [2.05, 4.69) is 28.8 Å². The van der Waals surface area contributed by atoms with Crippen molar-refractivity contribution in [3.05, 3.63) is 58.3 Å². The summed E-state index contributed by atoms with van der Waals surface area (Å²) in [6.45, 7) is 0.204. The van der Waals surface area contributed by atoms with Gasteiger partial charge in [0.05, 0.1) is 4.88 Å². The van der Waals surface area contributed by atoms with Gasteiger partial charge < -0.3 is 10.6 Å². The smallest absolute Gasteiger partial charge is 0.321 e. The summed E-state index contributed by atoms with van der Waals surface area (Å²) in [6, 6.07) is 14.1. The molecule has 1 aromatic carbocycles. The molecule has 0 unspecified atom stereocenters. The van der Waals surface area contributed by atoms with Gasteiger partial charge in [-0.25, -0.2) is 4.79 Å². The molecule has 0 saturated heterocycles. The van der Waals surface area contributed by atoms with Crippen LogP contribution in [0.15, 0.2) is 47.8 Å². The highest BCUT2D eigenvalue weighted by Crippen LogP contribution is 2.22. The topological polar surface area (TPSA) is 74.8 Å². The Labute approximate surface area is 158 Å². The van der Waals surface area contributed by atoms with Crippen molar-refractivity contribution in [3.8, 4) is 0 Å². The number of carbonyl (C=O) groups excluding carboxylic acids is 2. The van der Waals surface area contributed by atoms with Crippen LogP contribution in [0.3, 0.4) is 0 Å². The molecule has 0 spiro atoms. The molecule has 1 atom stereocenters. The molecular formula is C20H26N3O2S+. The molecule has 138 valence electrons. The van der Waals surface area contributed by atoms with E-state index in [1.807, 2.05) is 35.0 Å². The number of quaternary nitrogens is 1. The number of hydrogen-bond acceptors (Lipinski definition) is 3. The van der Waals surface area contributed by atoms with Crippen LogP contribution in [0.5, 0.6) is 0 Å². The van der Waals surface area contributed by atoms with Gasteiger partial charge in [-0.15, -0.1) is 11.3 Å². The molecule has 1 aromatic heterocycles. The summed E-state index contributed by atoms with van der Waals surface area (Å²) in [4.78, 5) is 25.4. The lowest BCUT2D eigenvalue weighted by atomic mass is 9.96. The molecule has 0 aliphatic heterocycles. The van der Waals surface area contributed by atoms with E-state index in [0.29, 0.717) is 0 Å². The molecule has 1 aliphatic carbocycles. The van der Waals surface area contributed by atoms with Gasteiger partial charge in [0.25, 0.3) is 5.91 Å². The van der Waals surface area contributed by atoms with Crippen LogP contribution in [0.25, 0.3) is 0 Å². The summed E-state index contributed by atoms with van der Waals surface area (Å²) in [7, 11) is 0. The molecular weight excluding hydrogens is 346 g/mol. The monoisotopic (exact) mass is 372 g/mol. The Morgan fingerprint density at radius 3 is 2.54 bits per heavy atom. The van der Waals surface area contributed by atoms with Crippen LogP contribution in [0, 0.1) is 0 Å². The van der Waals surface area contributed by atoms with Crippen molar-refractivity contribution >= 4 is 23.3 Å². The van der Waals surface area contributed by atoms with Gasteiger partial charge in [-0.3, -0.25) is 10.1 Å². The van der Waals surface area contributed by atoms with E-state index in [9.17, 15) is 9.59 Å². The van der Waals surface area contributed by atoms with E-state index >= 15 is 0 Å². The minimum absolute atomic E-state index is 0.0587. The van der Waals surface area contributed by atoms with Crippen LogP contribution in [-0.4, -0.2) is 24.5 Å². The normalized spacial score (nSPS) is 16.0. The first-order valence-corrected chi connectivity index (χ1v) is 10.1. The van der Waals surface area contributed by atoms with Crippen molar-refractivity contribution in [2.75, 3.05) is 6.54 Å². The van der Waals surface area contributed by atoms with Gasteiger partial charge in [0.2, 0.25) is 0 Å². The van der Waals surface area contributed by atoms with Gasteiger partial charge in [0.15, 0.2) is 6.54 Å². The van der Waals surface area contributed by atoms with Crippen molar-refractivity contribution in [3.63, 3.8) is 0 Å². The van der Waals surface area contributed by atoms with Crippen LogP contribution >= 0.6 is 11.3 Å². The third-order valence-corrected chi connectivity index (χ3v) is 5.70. The molecule has 1 fully saturated rings. The zero-order chi connectivity index (χ0) is 18.2. The van der Waals surface area contributed by atoms with E-state index in [4.69, 9.17) is 0 Å². The maximum absolute atomic E-state index is 12.2.